The highest BCUT2D eigenvalue weighted by Crippen LogP contribution is 2.10. The van der Waals surface area contributed by atoms with Gasteiger partial charge in [0.05, 0.1) is 6.54 Å². The predicted molar refractivity (Wildman–Crippen MR) is 75.1 cm³/mol. The monoisotopic (exact) mass is 286 g/mol. The van der Waals surface area contributed by atoms with Gasteiger partial charge in [-0.3, -0.25) is 0 Å². The molecular formula is C12H14N8O. The summed E-state index contributed by atoms with van der Waals surface area (Å²) in [6, 6.07) is 3.65. The molecule has 3 aromatic rings. The predicted octanol–water partition coefficient (Wildman–Crippen LogP) is 1.01. The van der Waals surface area contributed by atoms with Crippen molar-refractivity contribution in [1.29, 1.82) is 0 Å². The number of aromatic nitrogens is 6. The van der Waals surface area contributed by atoms with Crippen LogP contribution >= 0.6 is 0 Å². The van der Waals surface area contributed by atoms with Crippen LogP contribution in [0.15, 0.2) is 29.0 Å². The summed E-state index contributed by atoms with van der Waals surface area (Å²) in [5.41, 5.74) is 0.777. The van der Waals surface area contributed by atoms with E-state index in [0.29, 0.717) is 24.4 Å². The number of rotatable bonds is 5. The van der Waals surface area contributed by atoms with E-state index in [4.69, 9.17) is 4.52 Å². The van der Waals surface area contributed by atoms with Crippen LogP contribution in [0.5, 0.6) is 0 Å². The van der Waals surface area contributed by atoms with Crippen LogP contribution in [0, 0.1) is 6.92 Å². The summed E-state index contributed by atoms with van der Waals surface area (Å²) >= 11 is 0. The molecule has 9 nitrogen and oxygen atoms in total. The number of aryl methyl sites for hydroxylation is 1. The van der Waals surface area contributed by atoms with Crippen molar-refractivity contribution >= 4 is 11.9 Å². The summed E-state index contributed by atoms with van der Waals surface area (Å²) < 4.78 is 6.57. The van der Waals surface area contributed by atoms with Crippen molar-refractivity contribution in [1.82, 2.24) is 29.9 Å². The molecule has 2 N–H and O–H groups in total. The lowest BCUT2D eigenvalue weighted by Crippen LogP contribution is -2.11. The van der Waals surface area contributed by atoms with Crippen LogP contribution in [0.1, 0.15) is 11.5 Å². The number of anilines is 2. The van der Waals surface area contributed by atoms with Crippen molar-refractivity contribution in [3.8, 4) is 5.95 Å². The SMILES string of the molecule is CNc1nc(NCc2cc(C)on2)nc(-n2cccn2)n1. The minimum absolute atomic E-state index is 0.429. The van der Waals surface area contributed by atoms with Gasteiger partial charge in [0.25, 0.3) is 5.95 Å². The fourth-order valence-electron chi connectivity index (χ4n) is 1.72. The van der Waals surface area contributed by atoms with Gasteiger partial charge in [-0.05, 0) is 13.0 Å². The molecule has 0 atom stereocenters. The van der Waals surface area contributed by atoms with Crippen LogP contribution in [-0.4, -0.2) is 36.9 Å². The summed E-state index contributed by atoms with van der Waals surface area (Å²) in [6.07, 6.45) is 3.42. The third kappa shape index (κ3) is 2.96. The summed E-state index contributed by atoms with van der Waals surface area (Å²) in [6.45, 7) is 2.30. The van der Waals surface area contributed by atoms with Gasteiger partial charge in [0.15, 0.2) is 0 Å². The number of nitrogens with zero attached hydrogens (tertiary/aromatic N) is 6. The minimum atomic E-state index is 0.429. The summed E-state index contributed by atoms with van der Waals surface area (Å²) in [5, 5.41) is 14.0. The van der Waals surface area contributed by atoms with Crippen molar-refractivity contribution in [2.45, 2.75) is 13.5 Å². The lowest BCUT2D eigenvalue weighted by atomic mass is 10.4. The Bertz CT molecular complexity index is 721. The van der Waals surface area contributed by atoms with Crippen LogP contribution in [-0.2, 0) is 6.54 Å². The largest absolute Gasteiger partial charge is 0.361 e. The van der Waals surface area contributed by atoms with Gasteiger partial charge in [-0.15, -0.1) is 0 Å². The minimum Gasteiger partial charge on any atom is -0.361 e. The van der Waals surface area contributed by atoms with E-state index >= 15 is 0 Å². The zero-order valence-corrected chi connectivity index (χ0v) is 11.6. The average Bonchev–Trinajstić information content (AvgIpc) is 3.16. The molecule has 0 aliphatic rings. The second-order valence-electron chi connectivity index (χ2n) is 4.27. The van der Waals surface area contributed by atoms with Gasteiger partial charge in [-0.2, -0.15) is 20.1 Å². The van der Waals surface area contributed by atoms with Crippen LogP contribution in [0.3, 0.4) is 0 Å². The fraction of sp³-hybridized carbons (Fsp3) is 0.250. The summed E-state index contributed by atoms with van der Waals surface area (Å²) in [4.78, 5) is 12.8. The highest BCUT2D eigenvalue weighted by molar-refractivity contribution is 5.37. The standard InChI is InChI=1S/C12H14N8O/c1-8-6-9(19-21-8)7-14-11-16-10(13-2)17-12(18-11)20-5-3-4-15-20/h3-6H,7H2,1-2H3,(H2,13,14,16,17,18). The van der Waals surface area contributed by atoms with E-state index in [1.165, 1.54) is 0 Å². The molecule has 21 heavy (non-hydrogen) atoms. The molecule has 0 fully saturated rings. The molecule has 108 valence electrons. The molecule has 0 amide bonds. The quantitative estimate of drug-likeness (QED) is 0.715. The van der Waals surface area contributed by atoms with E-state index in [1.807, 2.05) is 13.0 Å². The number of hydrogen-bond acceptors (Lipinski definition) is 8. The molecule has 3 aromatic heterocycles. The van der Waals surface area contributed by atoms with E-state index < -0.39 is 0 Å². The average molecular weight is 286 g/mol. The number of nitrogens with one attached hydrogen (secondary N) is 2. The van der Waals surface area contributed by atoms with Crippen molar-refractivity contribution in [3.63, 3.8) is 0 Å². The first-order valence-electron chi connectivity index (χ1n) is 6.34. The molecular weight excluding hydrogens is 272 g/mol. The zero-order chi connectivity index (χ0) is 14.7. The van der Waals surface area contributed by atoms with Gasteiger partial charge in [0, 0.05) is 25.5 Å². The van der Waals surface area contributed by atoms with E-state index in [2.05, 4.69) is 35.8 Å². The molecule has 9 heteroatoms. The fourth-order valence-corrected chi connectivity index (χ4v) is 1.72. The van der Waals surface area contributed by atoms with Crippen LogP contribution in [0.2, 0.25) is 0 Å². The van der Waals surface area contributed by atoms with Crippen molar-refractivity contribution in [3.05, 3.63) is 36.0 Å². The first-order valence-corrected chi connectivity index (χ1v) is 6.34. The Hall–Kier alpha value is -2.97. The Balaban J connectivity index is 1.82. The van der Waals surface area contributed by atoms with Gasteiger partial charge in [-0.25, -0.2) is 4.68 Å². The van der Waals surface area contributed by atoms with E-state index in [0.717, 1.165) is 11.5 Å². The maximum atomic E-state index is 5.01. The molecule has 0 spiro atoms. The second-order valence-corrected chi connectivity index (χ2v) is 4.27. The Morgan fingerprint density at radius 1 is 1.24 bits per heavy atom. The first-order chi connectivity index (χ1) is 10.2. The maximum absolute atomic E-state index is 5.01. The Labute approximate surface area is 120 Å². The van der Waals surface area contributed by atoms with E-state index in [1.54, 1.807) is 30.2 Å². The van der Waals surface area contributed by atoms with Crippen molar-refractivity contribution in [2.24, 2.45) is 0 Å². The lowest BCUT2D eigenvalue weighted by molar-refractivity contribution is 0.391. The first kappa shape index (κ1) is 13.0. The zero-order valence-electron chi connectivity index (χ0n) is 11.6. The number of hydrogen-bond donors (Lipinski definition) is 2. The van der Waals surface area contributed by atoms with Crippen LogP contribution in [0.25, 0.3) is 5.95 Å². The molecule has 0 aromatic carbocycles. The third-order valence-corrected chi connectivity index (χ3v) is 2.66. The topological polar surface area (TPSA) is 107 Å². The molecule has 0 saturated carbocycles. The molecule has 0 radical (unpaired) electrons. The summed E-state index contributed by atoms with van der Waals surface area (Å²) in [7, 11) is 1.74. The molecule has 0 aliphatic carbocycles. The Morgan fingerprint density at radius 2 is 2.10 bits per heavy atom. The van der Waals surface area contributed by atoms with Crippen molar-refractivity contribution < 1.29 is 4.52 Å². The lowest BCUT2D eigenvalue weighted by Gasteiger charge is -2.07. The van der Waals surface area contributed by atoms with Gasteiger partial charge in [-0.1, -0.05) is 5.16 Å². The van der Waals surface area contributed by atoms with Gasteiger partial charge in [0.1, 0.15) is 11.5 Å². The molecule has 3 rings (SSSR count). The third-order valence-electron chi connectivity index (χ3n) is 2.66. The molecule has 0 saturated heterocycles. The Morgan fingerprint density at radius 3 is 2.76 bits per heavy atom. The normalized spacial score (nSPS) is 10.6. The summed E-state index contributed by atoms with van der Waals surface area (Å²) in [5.74, 6) is 2.07. The highest BCUT2D eigenvalue weighted by Gasteiger charge is 2.08. The van der Waals surface area contributed by atoms with Gasteiger partial charge < -0.3 is 15.2 Å². The molecule has 0 unspecified atom stereocenters. The van der Waals surface area contributed by atoms with Crippen LogP contribution in [0.4, 0.5) is 11.9 Å². The van der Waals surface area contributed by atoms with Gasteiger partial charge >= 0.3 is 0 Å². The van der Waals surface area contributed by atoms with Gasteiger partial charge in [0.2, 0.25) is 11.9 Å². The van der Waals surface area contributed by atoms with E-state index in [-0.39, 0.29) is 0 Å². The molecule has 3 heterocycles. The molecule has 0 aliphatic heterocycles. The maximum Gasteiger partial charge on any atom is 0.257 e. The Kier molecular flexibility index (Phi) is 3.46. The second kappa shape index (κ2) is 5.57. The van der Waals surface area contributed by atoms with Crippen LogP contribution < -0.4 is 10.6 Å². The highest BCUT2D eigenvalue weighted by atomic mass is 16.5. The smallest absolute Gasteiger partial charge is 0.257 e. The van der Waals surface area contributed by atoms with Crippen molar-refractivity contribution in [2.75, 3.05) is 17.7 Å². The molecule has 0 bridgehead atoms. The van der Waals surface area contributed by atoms with E-state index in [9.17, 15) is 0 Å².